The summed E-state index contributed by atoms with van der Waals surface area (Å²) in [5, 5.41) is 13.4. The number of aliphatic hydroxyl groups is 1. The first-order valence-electron chi connectivity index (χ1n) is 14.2. The van der Waals surface area contributed by atoms with E-state index >= 15 is 0 Å². The number of pyridine rings is 1. The average molecular weight is 596 g/mol. The summed E-state index contributed by atoms with van der Waals surface area (Å²) < 4.78 is 64.2. The van der Waals surface area contributed by atoms with Crippen LogP contribution in [0.4, 0.5) is 23.2 Å². The van der Waals surface area contributed by atoms with Gasteiger partial charge in [0.1, 0.15) is 18.1 Å². The van der Waals surface area contributed by atoms with E-state index in [2.05, 4.69) is 10.3 Å². The van der Waals surface area contributed by atoms with E-state index in [1.54, 1.807) is 28.0 Å². The SMILES string of the molecule is C[C@@H]1CN(CC(=O)N2c3cc(Cc4ccc(F)cc4)c(CO)nc3OC[C@@H]2C)[C@@H](CN2CCO[C@H](C(F)(F)F)C2)CN1. The lowest BCUT2D eigenvalue weighted by Crippen LogP contribution is -2.62. The summed E-state index contributed by atoms with van der Waals surface area (Å²) >= 11 is 0. The third kappa shape index (κ3) is 7.03. The highest BCUT2D eigenvalue weighted by molar-refractivity contribution is 5.97. The molecule has 2 saturated heterocycles. The molecule has 3 aliphatic rings. The Morgan fingerprint density at radius 2 is 1.95 bits per heavy atom. The van der Waals surface area contributed by atoms with Gasteiger partial charge in [-0.15, -0.1) is 0 Å². The smallest absolute Gasteiger partial charge is 0.415 e. The standard InChI is InChI=1S/C29H37F4N5O4/c1-18-12-37(23(11-34-18)13-36-7-8-41-26(14-36)29(31,32)33)15-27(40)38-19(2)17-42-28-25(38)10-21(24(16-39)35-28)9-20-3-5-22(30)6-4-20/h3-6,10,18-19,23,26,34,39H,7-9,11-17H2,1-2H3/t18-,19+,23-,26+/m1/s1. The quantitative estimate of drug-likeness (QED) is 0.472. The van der Waals surface area contributed by atoms with Crippen LogP contribution in [0, 0.1) is 5.82 Å². The Kier molecular flexibility index (Phi) is 9.33. The van der Waals surface area contributed by atoms with E-state index in [0.717, 1.165) is 5.56 Å². The highest BCUT2D eigenvalue weighted by Crippen LogP contribution is 2.35. The van der Waals surface area contributed by atoms with Gasteiger partial charge in [0.25, 0.3) is 0 Å². The van der Waals surface area contributed by atoms with Crippen molar-refractivity contribution in [2.45, 2.75) is 57.3 Å². The molecule has 0 bridgehead atoms. The Morgan fingerprint density at radius 3 is 2.67 bits per heavy atom. The van der Waals surface area contributed by atoms with Gasteiger partial charge in [-0.3, -0.25) is 14.6 Å². The van der Waals surface area contributed by atoms with Crippen molar-refractivity contribution < 1.29 is 36.9 Å². The molecule has 1 amide bonds. The number of aromatic nitrogens is 1. The number of hydrogen-bond acceptors (Lipinski definition) is 8. The van der Waals surface area contributed by atoms with E-state index in [1.807, 2.05) is 18.7 Å². The minimum Gasteiger partial charge on any atom is -0.474 e. The van der Waals surface area contributed by atoms with E-state index in [9.17, 15) is 27.5 Å². The highest BCUT2D eigenvalue weighted by Gasteiger charge is 2.44. The normalized spacial score (nSPS) is 25.6. The molecule has 0 radical (unpaired) electrons. The van der Waals surface area contributed by atoms with Crippen molar-refractivity contribution >= 4 is 11.6 Å². The molecule has 2 aromatic rings. The molecule has 3 aliphatic heterocycles. The van der Waals surface area contributed by atoms with E-state index < -0.39 is 12.3 Å². The summed E-state index contributed by atoms with van der Waals surface area (Å²) in [6.07, 6.45) is -5.86. The number of rotatable bonds is 7. The van der Waals surface area contributed by atoms with Gasteiger partial charge in [-0.25, -0.2) is 9.37 Å². The van der Waals surface area contributed by atoms with Crippen LogP contribution >= 0.6 is 0 Å². The second kappa shape index (κ2) is 12.8. The van der Waals surface area contributed by atoms with Crippen molar-refractivity contribution in [1.29, 1.82) is 0 Å². The molecule has 2 fully saturated rings. The molecule has 0 aliphatic carbocycles. The highest BCUT2D eigenvalue weighted by atomic mass is 19.4. The largest absolute Gasteiger partial charge is 0.474 e. The molecule has 5 rings (SSSR count). The Hall–Kier alpha value is -2.84. The van der Waals surface area contributed by atoms with Gasteiger partial charge >= 0.3 is 6.18 Å². The maximum atomic E-state index is 13.9. The average Bonchev–Trinajstić information content (AvgIpc) is 2.95. The monoisotopic (exact) mass is 595 g/mol. The zero-order valence-electron chi connectivity index (χ0n) is 23.7. The zero-order chi connectivity index (χ0) is 30.0. The van der Waals surface area contributed by atoms with Crippen molar-refractivity contribution in [3.8, 4) is 5.88 Å². The Labute approximate surface area is 242 Å². The van der Waals surface area contributed by atoms with Crippen LogP contribution < -0.4 is 15.0 Å². The van der Waals surface area contributed by atoms with E-state index in [4.69, 9.17) is 9.47 Å². The molecule has 0 unspecified atom stereocenters. The lowest BCUT2D eigenvalue weighted by atomic mass is 10.0. The molecule has 1 aromatic heterocycles. The number of hydrogen-bond donors (Lipinski definition) is 2. The summed E-state index contributed by atoms with van der Waals surface area (Å²) in [6, 6.07) is 7.50. The van der Waals surface area contributed by atoms with Crippen LogP contribution in [0.25, 0.3) is 0 Å². The number of morpholine rings is 1. The first-order valence-corrected chi connectivity index (χ1v) is 14.2. The number of aliphatic hydroxyl groups excluding tert-OH is 1. The third-order valence-electron chi connectivity index (χ3n) is 8.07. The molecule has 0 spiro atoms. The van der Waals surface area contributed by atoms with Gasteiger partial charge in [0.05, 0.1) is 31.5 Å². The van der Waals surface area contributed by atoms with Crippen molar-refractivity contribution in [3.63, 3.8) is 0 Å². The van der Waals surface area contributed by atoms with Crippen LogP contribution in [0.3, 0.4) is 0 Å². The molecule has 0 saturated carbocycles. The van der Waals surface area contributed by atoms with Gasteiger partial charge in [0.2, 0.25) is 11.8 Å². The molecule has 230 valence electrons. The van der Waals surface area contributed by atoms with Crippen molar-refractivity contribution in [1.82, 2.24) is 20.1 Å². The number of carbonyl (C=O) groups is 1. The van der Waals surface area contributed by atoms with Crippen molar-refractivity contribution in [2.24, 2.45) is 0 Å². The van der Waals surface area contributed by atoms with E-state index in [-0.39, 0.29) is 68.6 Å². The van der Waals surface area contributed by atoms with Crippen LogP contribution in [0.2, 0.25) is 0 Å². The van der Waals surface area contributed by atoms with Crippen LogP contribution in [-0.4, -0.2) is 109 Å². The third-order valence-corrected chi connectivity index (χ3v) is 8.07. The summed E-state index contributed by atoms with van der Waals surface area (Å²) in [5.74, 6) is -0.268. The van der Waals surface area contributed by atoms with E-state index in [0.29, 0.717) is 49.5 Å². The number of alkyl halides is 3. The number of amides is 1. The second-order valence-electron chi connectivity index (χ2n) is 11.4. The van der Waals surface area contributed by atoms with E-state index in [1.165, 1.54) is 12.1 Å². The second-order valence-corrected chi connectivity index (χ2v) is 11.4. The summed E-state index contributed by atoms with van der Waals surface area (Å²) in [4.78, 5) is 23.9. The predicted octanol–water partition coefficient (Wildman–Crippen LogP) is 2.34. The van der Waals surface area contributed by atoms with Crippen molar-refractivity contribution in [3.05, 3.63) is 53.0 Å². The first kappa shape index (κ1) is 30.6. The summed E-state index contributed by atoms with van der Waals surface area (Å²) in [7, 11) is 0. The van der Waals surface area contributed by atoms with Gasteiger partial charge in [-0.05, 0) is 49.6 Å². The summed E-state index contributed by atoms with van der Waals surface area (Å²) in [6.45, 7) is 5.50. The van der Waals surface area contributed by atoms with Gasteiger partial charge in [-0.2, -0.15) is 13.2 Å². The maximum absolute atomic E-state index is 13.9. The predicted molar refractivity (Wildman–Crippen MR) is 147 cm³/mol. The van der Waals surface area contributed by atoms with Crippen LogP contribution in [0.5, 0.6) is 5.88 Å². The number of fused-ring (bicyclic) bond motifs is 1. The number of piperazine rings is 1. The minimum atomic E-state index is -4.42. The van der Waals surface area contributed by atoms with Crippen molar-refractivity contribution in [2.75, 3.05) is 57.4 Å². The molecular formula is C29H37F4N5O4. The van der Waals surface area contributed by atoms with Crippen LogP contribution in [-0.2, 0) is 22.6 Å². The van der Waals surface area contributed by atoms with Crippen LogP contribution in [0.15, 0.2) is 30.3 Å². The molecule has 13 heteroatoms. The zero-order valence-corrected chi connectivity index (χ0v) is 23.7. The number of halogens is 4. The molecule has 1 aromatic carbocycles. The fraction of sp³-hybridized carbons (Fsp3) is 0.586. The molecule has 9 nitrogen and oxygen atoms in total. The lowest BCUT2D eigenvalue weighted by molar-refractivity contribution is -0.237. The lowest BCUT2D eigenvalue weighted by Gasteiger charge is -2.44. The Bertz CT molecular complexity index is 1250. The fourth-order valence-electron chi connectivity index (χ4n) is 5.86. The fourth-order valence-corrected chi connectivity index (χ4v) is 5.86. The van der Waals surface area contributed by atoms with Gasteiger partial charge in [0.15, 0.2) is 6.10 Å². The molecule has 4 atom stereocenters. The number of nitrogens with one attached hydrogen (secondary N) is 1. The van der Waals surface area contributed by atoms with Gasteiger partial charge in [-0.1, -0.05) is 12.1 Å². The Balaban J connectivity index is 1.35. The molecule has 4 heterocycles. The topological polar surface area (TPSA) is 90.4 Å². The van der Waals surface area contributed by atoms with Crippen LogP contribution in [0.1, 0.15) is 30.7 Å². The first-order chi connectivity index (χ1) is 20.0. The number of carbonyl (C=O) groups excluding carboxylic acids is 1. The van der Waals surface area contributed by atoms with Gasteiger partial charge in [0, 0.05) is 44.8 Å². The maximum Gasteiger partial charge on any atom is 0.415 e. The number of nitrogens with zero attached hydrogens (tertiary/aromatic N) is 4. The number of benzene rings is 1. The number of ether oxygens (including phenoxy) is 2. The number of anilines is 1. The molecular weight excluding hydrogens is 558 g/mol. The molecule has 42 heavy (non-hydrogen) atoms. The minimum absolute atomic E-state index is 0.00478. The molecule has 2 N–H and O–H groups in total. The summed E-state index contributed by atoms with van der Waals surface area (Å²) in [5.41, 5.74) is 2.43. The van der Waals surface area contributed by atoms with Gasteiger partial charge < -0.3 is 24.8 Å². The Morgan fingerprint density at radius 1 is 1.19 bits per heavy atom.